The second-order valence-corrected chi connectivity index (χ2v) is 13.9. The number of nitrogens with two attached hydrogens (primary N) is 1. The van der Waals surface area contributed by atoms with Crippen LogP contribution in [-0.4, -0.2) is 82.5 Å². The van der Waals surface area contributed by atoms with Crippen molar-refractivity contribution in [1.82, 2.24) is 25.2 Å². The molecule has 14 heteroatoms. The number of ether oxygens (including phenoxy) is 2. The van der Waals surface area contributed by atoms with E-state index in [-0.39, 0.29) is 64.4 Å². The normalized spacial score (nSPS) is 26.5. The molecule has 0 amide bonds. The van der Waals surface area contributed by atoms with E-state index in [1.165, 1.54) is 13.0 Å². The maximum absolute atomic E-state index is 16.7. The Morgan fingerprint density at radius 2 is 1.87 bits per heavy atom. The van der Waals surface area contributed by atoms with Crippen molar-refractivity contribution in [3.63, 3.8) is 0 Å². The van der Waals surface area contributed by atoms with E-state index in [0.29, 0.717) is 24.3 Å². The van der Waals surface area contributed by atoms with Crippen LogP contribution in [0, 0.1) is 12.7 Å². The van der Waals surface area contributed by atoms with Gasteiger partial charge in [0.25, 0.3) is 0 Å². The van der Waals surface area contributed by atoms with Crippen molar-refractivity contribution in [2.45, 2.75) is 88.9 Å². The van der Waals surface area contributed by atoms with E-state index >= 15 is 4.39 Å². The summed E-state index contributed by atoms with van der Waals surface area (Å²) in [5.41, 5.74) is 2.92. The van der Waals surface area contributed by atoms with Crippen LogP contribution in [0.1, 0.15) is 57.1 Å². The molecule has 4 fully saturated rings. The zero-order valence-corrected chi connectivity index (χ0v) is 26.8. The van der Waals surface area contributed by atoms with Crippen LogP contribution in [0.2, 0.25) is 5.02 Å². The van der Waals surface area contributed by atoms with E-state index < -0.39 is 28.8 Å². The predicted molar refractivity (Wildman–Crippen MR) is 168 cm³/mol. The number of fused-ring (bicyclic) bond motifs is 4. The summed E-state index contributed by atoms with van der Waals surface area (Å²) in [6.45, 7) is 8.57. The van der Waals surface area contributed by atoms with Gasteiger partial charge in [0.1, 0.15) is 23.8 Å². The number of piperazine rings is 1. The number of alkyl halides is 3. The van der Waals surface area contributed by atoms with Crippen LogP contribution >= 0.6 is 11.6 Å². The smallest absolute Gasteiger partial charge is 0.418 e. The Kier molecular flexibility index (Phi) is 7.97. The summed E-state index contributed by atoms with van der Waals surface area (Å²) in [6.07, 6.45) is 0.0903. The number of anilines is 2. The van der Waals surface area contributed by atoms with Gasteiger partial charge in [-0.2, -0.15) is 23.1 Å². The van der Waals surface area contributed by atoms with Crippen LogP contribution in [0.4, 0.5) is 29.2 Å². The van der Waals surface area contributed by atoms with Crippen LogP contribution in [-0.2, 0) is 10.9 Å². The lowest BCUT2D eigenvalue weighted by Gasteiger charge is -2.35. The maximum Gasteiger partial charge on any atom is 0.418 e. The van der Waals surface area contributed by atoms with Gasteiger partial charge in [0, 0.05) is 37.1 Å². The first-order valence-corrected chi connectivity index (χ1v) is 16.3. The van der Waals surface area contributed by atoms with E-state index in [1.807, 2.05) is 13.8 Å². The summed E-state index contributed by atoms with van der Waals surface area (Å²) in [5, 5.41) is 3.63. The largest absolute Gasteiger partial charge is 0.461 e. The third-order valence-electron chi connectivity index (χ3n) is 9.82. The number of hydrogen-bond acceptors (Lipinski definition) is 9. The van der Waals surface area contributed by atoms with Crippen LogP contribution in [0.3, 0.4) is 0 Å². The molecule has 7 rings (SSSR count). The van der Waals surface area contributed by atoms with Gasteiger partial charge in [0.2, 0.25) is 0 Å². The van der Waals surface area contributed by atoms with Crippen molar-refractivity contribution in [1.29, 1.82) is 0 Å². The van der Waals surface area contributed by atoms with Gasteiger partial charge in [-0.15, -0.1) is 0 Å². The molecule has 0 radical (unpaired) electrons. The minimum atomic E-state index is -4.83. The molecule has 2 unspecified atom stereocenters. The maximum atomic E-state index is 16.7. The van der Waals surface area contributed by atoms with Gasteiger partial charge in [-0.1, -0.05) is 11.6 Å². The van der Waals surface area contributed by atoms with Crippen LogP contribution in [0.15, 0.2) is 12.1 Å². The average molecular weight is 664 g/mol. The topological polar surface area (TPSA) is 102 Å². The highest BCUT2D eigenvalue weighted by Crippen LogP contribution is 2.45. The zero-order valence-electron chi connectivity index (χ0n) is 26.1. The standard InChI is InChI=1S/C32H38ClF4N7O2/c1-16(2)46-20-11-31(7-4-8-44(31)14-20)15-45-30-41-27-21(29(42-30)43-12-18-5-6-19(13-43)39-18)10-22(33)24(26(27)34)28-25(32(35,36)37)17(3)9-23(38)40-28/h9-10,16,18-20,39H,4-8,11-15H2,1-3H3,(H2,38,40)/t18?,19?,20-,31+/m0/s1. The Balaban J connectivity index is 1.33. The van der Waals surface area contributed by atoms with E-state index in [2.05, 4.69) is 25.1 Å². The van der Waals surface area contributed by atoms with Crippen LogP contribution < -0.4 is 20.7 Å². The molecular weight excluding hydrogens is 626 g/mol. The number of nitrogen functional groups attached to an aromatic ring is 1. The van der Waals surface area contributed by atoms with Crippen molar-refractivity contribution in [3.05, 3.63) is 34.1 Å². The van der Waals surface area contributed by atoms with Gasteiger partial charge in [0.05, 0.1) is 39.6 Å². The van der Waals surface area contributed by atoms with Crippen molar-refractivity contribution in [3.8, 4) is 17.3 Å². The number of hydrogen-bond donors (Lipinski definition) is 2. The Morgan fingerprint density at radius 3 is 2.57 bits per heavy atom. The van der Waals surface area contributed by atoms with Gasteiger partial charge >= 0.3 is 12.2 Å². The highest BCUT2D eigenvalue weighted by atomic mass is 35.5. The molecule has 0 aliphatic carbocycles. The molecule has 4 aliphatic heterocycles. The summed E-state index contributed by atoms with van der Waals surface area (Å²) in [4.78, 5) is 17.7. The summed E-state index contributed by atoms with van der Waals surface area (Å²) in [5.74, 6) is -0.785. The van der Waals surface area contributed by atoms with Gasteiger partial charge in [-0.05, 0) is 77.1 Å². The molecular formula is C32H38ClF4N7O2. The molecule has 3 aromatic rings. The average Bonchev–Trinajstić information content (AvgIpc) is 3.61. The van der Waals surface area contributed by atoms with Gasteiger partial charge in [0.15, 0.2) is 5.82 Å². The number of nitrogens with zero attached hydrogens (tertiary/aromatic N) is 5. The zero-order chi connectivity index (χ0) is 32.5. The molecule has 1 aromatic carbocycles. The van der Waals surface area contributed by atoms with Gasteiger partial charge < -0.3 is 25.4 Å². The number of aryl methyl sites for hydroxylation is 1. The Hall–Kier alpha value is -3.00. The molecule has 9 nitrogen and oxygen atoms in total. The second kappa shape index (κ2) is 11.6. The van der Waals surface area contributed by atoms with E-state index in [9.17, 15) is 13.2 Å². The number of aromatic nitrogens is 3. The first-order valence-electron chi connectivity index (χ1n) is 15.9. The SMILES string of the molecule is Cc1cc(N)nc(-c2c(Cl)cc3c(N4CC5CCC(C4)N5)nc(OC[C@]45CCCN4C[C@@H](OC(C)C)C5)nc3c2F)c1C(F)(F)F. The van der Waals surface area contributed by atoms with Crippen molar-refractivity contribution in [2.75, 3.05) is 43.4 Å². The lowest BCUT2D eigenvalue weighted by molar-refractivity contribution is -0.137. The quantitative estimate of drug-likeness (QED) is 0.306. The van der Waals surface area contributed by atoms with Crippen LogP contribution in [0.5, 0.6) is 6.01 Å². The van der Waals surface area contributed by atoms with Crippen molar-refractivity contribution >= 4 is 34.1 Å². The monoisotopic (exact) mass is 663 g/mol. The minimum Gasteiger partial charge on any atom is -0.461 e. The highest BCUT2D eigenvalue weighted by Gasteiger charge is 2.50. The first kappa shape index (κ1) is 31.6. The Morgan fingerprint density at radius 1 is 1.13 bits per heavy atom. The fourth-order valence-corrected chi connectivity index (χ4v) is 8.31. The molecule has 46 heavy (non-hydrogen) atoms. The lowest BCUT2D eigenvalue weighted by Crippen LogP contribution is -2.51. The molecule has 248 valence electrons. The first-order chi connectivity index (χ1) is 21.8. The van der Waals surface area contributed by atoms with Crippen molar-refractivity contribution < 1.29 is 27.0 Å². The molecule has 2 bridgehead atoms. The van der Waals surface area contributed by atoms with E-state index in [1.54, 1.807) is 0 Å². The Labute approximate surface area is 269 Å². The third-order valence-corrected chi connectivity index (χ3v) is 10.1. The summed E-state index contributed by atoms with van der Waals surface area (Å²) in [7, 11) is 0. The molecule has 4 saturated heterocycles. The third kappa shape index (κ3) is 5.62. The second-order valence-electron chi connectivity index (χ2n) is 13.5. The molecule has 4 atom stereocenters. The summed E-state index contributed by atoms with van der Waals surface area (Å²) >= 11 is 6.62. The van der Waals surface area contributed by atoms with E-state index in [4.69, 9.17) is 31.8 Å². The Bertz CT molecular complexity index is 1660. The van der Waals surface area contributed by atoms with Gasteiger partial charge in [-0.3, -0.25) is 4.90 Å². The number of halogens is 5. The summed E-state index contributed by atoms with van der Waals surface area (Å²) < 4.78 is 72.1. The highest BCUT2D eigenvalue weighted by molar-refractivity contribution is 6.34. The predicted octanol–water partition coefficient (Wildman–Crippen LogP) is 5.75. The van der Waals surface area contributed by atoms with Gasteiger partial charge in [-0.25, -0.2) is 9.37 Å². The lowest BCUT2D eigenvalue weighted by atomic mass is 9.94. The van der Waals surface area contributed by atoms with Crippen LogP contribution in [0.25, 0.3) is 22.2 Å². The van der Waals surface area contributed by atoms with Crippen molar-refractivity contribution in [2.24, 2.45) is 0 Å². The number of benzene rings is 1. The number of pyridine rings is 1. The molecule has 3 N–H and O–H groups in total. The fraction of sp³-hybridized carbons (Fsp3) is 0.594. The molecule has 2 aromatic heterocycles. The number of nitrogens with one attached hydrogen (secondary N) is 1. The fourth-order valence-electron chi connectivity index (χ4n) is 8.03. The number of rotatable bonds is 7. The van der Waals surface area contributed by atoms with E-state index in [0.717, 1.165) is 51.3 Å². The summed E-state index contributed by atoms with van der Waals surface area (Å²) in [6, 6.07) is 2.98. The molecule has 6 heterocycles. The molecule has 4 aliphatic rings. The molecule has 0 saturated carbocycles. The minimum absolute atomic E-state index is 0.0391. The molecule has 0 spiro atoms.